The Hall–Kier alpha value is -0.560. The lowest BCUT2D eigenvalue weighted by Gasteiger charge is -2.53. The fourth-order valence-electron chi connectivity index (χ4n) is 3.99. The van der Waals surface area contributed by atoms with Crippen LogP contribution in [0.4, 0.5) is 0 Å². The Morgan fingerprint density at radius 1 is 1.25 bits per heavy atom. The first-order chi connectivity index (χ1) is 9.44. The van der Waals surface area contributed by atoms with Gasteiger partial charge in [-0.2, -0.15) is 0 Å². The zero-order valence-corrected chi connectivity index (χ0v) is 13.5. The van der Waals surface area contributed by atoms with Crippen LogP contribution in [0.3, 0.4) is 0 Å². The van der Waals surface area contributed by atoms with Crippen molar-refractivity contribution in [3.63, 3.8) is 0 Å². The van der Waals surface area contributed by atoms with Crippen LogP contribution in [0.5, 0.6) is 0 Å². The number of aliphatic hydroxyl groups is 1. The molecule has 0 aromatic carbocycles. The molecule has 0 amide bonds. The summed E-state index contributed by atoms with van der Waals surface area (Å²) in [5, 5.41) is 11.2. The van der Waals surface area contributed by atoms with Crippen molar-refractivity contribution in [1.29, 1.82) is 0 Å². The molecule has 114 valence electrons. The van der Waals surface area contributed by atoms with Crippen molar-refractivity contribution < 1.29 is 5.11 Å². The van der Waals surface area contributed by atoms with Crippen LogP contribution in [0.1, 0.15) is 45.4 Å². The molecule has 2 aliphatic rings. The van der Waals surface area contributed by atoms with E-state index >= 15 is 0 Å². The molecular weight excluding hydrogens is 248 g/mol. The number of hydrogen-bond acceptors (Lipinski definition) is 3. The molecular formula is C17H30N2O. The Labute approximate surface area is 124 Å². The summed E-state index contributed by atoms with van der Waals surface area (Å²) < 4.78 is 0. The van der Waals surface area contributed by atoms with Crippen LogP contribution >= 0.6 is 0 Å². The van der Waals surface area contributed by atoms with Gasteiger partial charge in [-0.3, -0.25) is 4.90 Å². The lowest BCUT2D eigenvalue weighted by Crippen LogP contribution is -2.60. The van der Waals surface area contributed by atoms with Gasteiger partial charge in [0, 0.05) is 24.4 Å². The number of nitrogens with zero attached hydrogens (tertiary/aromatic N) is 2. The quantitative estimate of drug-likeness (QED) is 0.782. The van der Waals surface area contributed by atoms with Gasteiger partial charge in [0.1, 0.15) is 0 Å². The van der Waals surface area contributed by atoms with Crippen LogP contribution in [0.25, 0.3) is 0 Å². The Morgan fingerprint density at radius 3 is 2.65 bits per heavy atom. The Balaban J connectivity index is 2.08. The fourth-order valence-corrected chi connectivity index (χ4v) is 3.99. The average molecular weight is 278 g/mol. The number of likely N-dealkylation sites (tertiary alicyclic amines) is 1. The predicted molar refractivity (Wildman–Crippen MR) is 83.5 cm³/mol. The van der Waals surface area contributed by atoms with Gasteiger partial charge in [0.25, 0.3) is 0 Å². The summed E-state index contributed by atoms with van der Waals surface area (Å²) in [6, 6.07) is 1.00. The summed E-state index contributed by atoms with van der Waals surface area (Å²) in [6.07, 6.45) is 6.46. The van der Waals surface area contributed by atoms with E-state index in [2.05, 4.69) is 35.6 Å². The summed E-state index contributed by atoms with van der Waals surface area (Å²) in [7, 11) is 6.28. The largest absolute Gasteiger partial charge is 0.388 e. The van der Waals surface area contributed by atoms with Gasteiger partial charge in [-0.15, -0.1) is 0 Å². The van der Waals surface area contributed by atoms with Crippen molar-refractivity contribution in [2.75, 3.05) is 27.7 Å². The lowest BCUT2D eigenvalue weighted by atomic mass is 9.66. The maximum absolute atomic E-state index is 11.2. The van der Waals surface area contributed by atoms with Gasteiger partial charge in [-0.05, 0) is 47.3 Å². The van der Waals surface area contributed by atoms with Crippen LogP contribution in [0, 0.1) is 17.8 Å². The average Bonchev–Trinajstić information content (AvgIpc) is 2.41. The number of piperidine rings is 1. The van der Waals surface area contributed by atoms with Crippen molar-refractivity contribution >= 4 is 0 Å². The minimum absolute atomic E-state index is 0.408. The van der Waals surface area contributed by atoms with E-state index in [1.54, 1.807) is 0 Å². The molecule has 0 unspecified atom stereocenters. The van der Waals surface area contributed by atoms with Crippen LogP contribution < -0.4 is 0 Å². The van der Waals surface area contributed by atoms with Gasteiger partial charge >= 0.3 is 0 Å². The van der Waals surface area contributed by atoms with Crippen molar-refractivity contribution in [2.24, 2.45) is 5.92 Å². The molecule has 4 atom stereocenters. The molecule has 1 saturated carbocycles. The summed E-state index contributed by atoms with van der Waals surface area (Å²) in [5.74, 6) is 6.82. The molecule has 1 N–H and O–H groups in total. The number of fused-ring (bicyclic) bond motifs is 1. The lowest BCUT2D eigenvalue weighted by molar-refractivity contribution is -0.123. The fraction of sp³-hybridized carbons (Fsp3) is 0.882. The zero-order chi connectivity index (χ0) is 14.8. The summed E-state index contributed by atoms with van der Waals surface area (Å²) in [5.41, 5.74) is -0.573. The molecule has 1 aliphatic carbocycles. The van der Waals surface area contributed by atoms with Crippen molar-refractivity contribution in [2.45, 2.75) is 63.1 Å². The van der Waals surface area contributed by atoms with E-state index in [1.165, 1.54) is 19.3 Å². The molecule has 0 bridgehead atoms. The van der Waals surface area contributed by atoms with E-state index in [0.29, 0.717) is 24.4 Å². The molecule has 2 fully saturated rings. The van der Waals surface area contributed by atoms with E-state index in [-0.39, 0.29) is 0 Å². The summed E-state index contributed by atoms with van der Waals surface area (Å²) in [4.78, 5) is 4.56. The van der Waals surface area contributed by atoms with E-state index in [1.807, 2.05) is 14.1 Å². The third kappa shape index (κ3) is 3.36. The van der Waals surface area contributed by atoms with Gasteiger partial charge in [0.2, 0.25) is 0 Å². The number of rotatable bonds is 2. The second-order valence-corrected chi connectivity index (χ2v) is 7.05. The van der Waals surface area contributed by atoms with Crippen molar-refractivity contribution in [3.05, 3.63) is 0 Å². The second kappa shape index (κ2) is 6.47. The standard InChI is InChI=1S/C17H30N2O/c1-14-13-17(20,11-7-8-12-18(2)3)15-9-5-6-10-16(15)19(14)4/h14-16,20H,5-6,9-13H2,1-4H3/t14-,15+,16+,17-/m1/s1. The first-order valence-corrected chi connectivity index (χ1v) is 7.99. The first kappa shape index (κ1) is 15.8. The molecule has 1 heterocycles. The minimum Gasteiger partial charge on any atom is -0.388 e. The van der Waals surface area contributed by atoms with Gasteiger partial charge in [0.15, 0.2) is 0 Å². The van der Waals surface area contributed by atoms with Crippen LogP contribution in [0.2, 0.25) is 0 Å². The molecule has 0 aromatic heterocycles. The maximum Gasteiger partial charge on any atom is 0.0814 e. The van der Waals surface area contributed by atoms with Gasteiger partial charge in [-0.25, -0.2) is 0 Å². The molecule has 1 aliphatic heterocycles. The highest BCUT2D eigenvalue weighted by molar-refractivity contribution is 5.11. The Morgan fingerprint density at radius 2 is 1.95 bits per heavy atom. The molecule has 0 spiro atoms. The number of hydrogen-bond donors (Lipinski definition) is 1. The highest BCUT2D eigenvalue weighted by Gasteiger charge is 2.49. The van der Waals surface area contributed by atoms with Crippen LogP contribution in [-0.4, -0.2) is 60.3 Å². The van der Waals surface area contributed by atoms with E-state index < -0.39 is 5.60 Å². The topological polar surface area (TPSA) is 26.7 Å². The smallest absolute Gasteiger partial charge is 0.0814 e. The van der Waals surface area contributed by atoms with E-state index in [4.69, 9.17) is 0 Å². The normalized spacial score (nSPS) is 38.2. The van der Waals surface area contributed by atoms with E-state index in [9.17, 15) is 5.11 Å². The van der Waals surface area contributed by atoms with Gasteiger partial charge in [-0.1, -0.05) is 24.7 Å². The summed E-state index contributed by atoms with van der Waals surface area (Å²) >= 11 is 0. The van der Waals surface area contributed by atoms with Gasteiger partial charge < -0.3 is 10.0 Å². The Bertz CT molecular complexity index is 384. The SMILES string of the molecule is C[C@@H]1C[C@](O)(CC#CCN(C)C)[C@H]2CCCC[C@@H]2N1C. The molecule has 0 radical (unpaired) electrons. The first-order valence-electron chi connectivity index (χ1n) is 7.99. The van der Waals surface area contributed by atoms with Crippen LogP contribution in [0.15, 0.2) is 0 Å². The third-order valence-electron chi connectivity index (χ3n) is 5.20. The molecule has 1 saturated heterocycles. The second-order valence-electron chi connectivity index (χ2n) is 7.05. The Kier molecular flexibility index (Phi) is 5.12. The molecule has 2 rings (SSSR count). The molecule has 3 heteroatoms. The van der Waals surface area contributed by atoms with Crippen molar-refractivity contribution in [1.82, 2.24) is 9.80 Å². The van der Waals surface area contributed by atoms with E-state index in [0.717, 1.165) is 19.4 Å². The highest BCUT2D eigenvalue weighted by Crippen LogP contribution is 2.44. The summed E-state index contributed by atoms with van der Waals surface area (Å²) in [6.45, 7) is 3.02. The van der Waals surface area contributed by atoms with Gasteiger partial charge in [0.05, 0.1) is 12.1 Å². The molecule has 0 aromatic rings. The van der Waals surface area contributed by atoms with Crippen LogP contribution in [-0.2, 0) is 0 Å². The monoisotopic (exact) mass is 278 g/mol. The molecule has 20 heavy (non-hydrogen) atoms. The zero-order valence-electron chi connectivity index (χ0n) is 13.5. The minimum atomic E-state index is -0.573. The predicted octanol–water partition coefficient (Wildman–Crippen LogP) is 1.96. The van der Waals surface area contributed by atoms with Crippen molar-refractivity contribution in [3.8, 4) is 11.8 Å². The third-order valence-corrected chi connectivity index (χ3v) is 5.20. The highest BCUT2D eigenvalue weighted by atomic mass is 16.3. The molecule has 3 nitrogen and oxygen atoms in total. The maximum atomic E-state index is 11.2.